The lowest BCUT2D eigenvalue weighted by atomic mass is 9.99. The third-order valence-electron chi connectivity index (χ3n) is 3.20. The summed E-state index contributed by atoms with van der Waals surface area (Å²) in [4.78, 5) is 0. The Bertz CT molecular complexity index is 398. The Morgan fingerprint density at radius 3 is 2.74 bits per heavy atom. The van der Waals surface area contributed by atoms with Crippen molar-refractivity contribution in [1.29, 1.82) is 0 Å². The third kappa shape index (κ3) is 5.17. The van der Waals surface area contributed by atoms with Crippen LogP contribution in [0.5, 0.6) is 5.75 Å². The number of ether oxygens (including phenoxy) is 1. The summed E-state index contributed by atoms with van der Waals surface area (Å²) in [6.07, 6.45) is 1.72. The fourth-order valence-corrected chi connectivity index (χ4v) is 1.75. The van der Waals surface area contributed by atoms with Gasteiger partial charge in [-0.2, -0.15) is 0 Å². The summed E-state index contributed by atoms with van der Waals surface area (Å²) in [7, 11) is 0. The number of hydrogen-bond donors (Lipinski definition) is 2. The highest BCUT2D eigenvalue weighted by Crippen LogP contribution is 2.17. The Hall–Kier alpha value is -1.13. The molecular weight excluding hydrogens is 245 g/mol. The van der Waals surface area contributed by atoms with Crippen molar-refractivity contribution < 1.29 is 14.2 Å². The van der Waals surface area contributed by atoms with Crippen LogP contribution in [0.1, 0.15) is 32.3 Å². The van der Waals surface area contributed by atoms with Crippen molar-refractivity contribution in [3.63, 3.8) is 0 Å². The molecule has 0 amide bonds. The first-order valence-electron chi connectivity index (χ1n) is 6.75. The molecule has 0 spiro atoms. The average Bonchev–Trinajstić information content (AvgIpc) is 2.40. The van der Waals surface area contributed by atoms with Crippen LogP contribution in [0.4, 0.5) is 4.39 Å². The van der Waals surface area contributed by atoms with Gasteiger partial charge in [-0.15, -0.1) is 0 Å². The van der Waals surface area contributed by atoms with Gasteiger partial charge in [-0.3, -0.25) is 0 Å². The largest absolute Gasteiger partial charge is 0.494 e. The van der Waals surface area contributed by atoms with Crippen LogP contribution in [-0.2, 0) is 0 Å². The number of benzene rings is 1. The molecule has 2 N–H and O–H groups in total. The van der Waals surface area contributed by atoms with Gasteiger partial charge >= 0.3 is 0 Å². The van der Waals surface area contributed by atoms with Crippen molar-refractivity contribution in [2.24, 2.45) is 0 Å². The van der Waals surface area contributed by atoms with E-state index in [4.69, 9.17) is 4.74 Å². The van der Waals surface area contributed by atoms with E-state index in [2.05, 4.69) is 12.2 Å². The molecule has 0 aliphatic carbocycles. The minimum absolute atomic E-state index is 0.0683. The Kier molecular flexibility index (Phi) is 6.25. The topological polar surface area (TPSA) is 41.5 Å². The lowest BCUT2D eigenvalue weighted by Crippen LogP contribution is -2.47. The van der Waals surface area contributed by atoms with Crippen LogP contribution in [0.15, 0.2) is 18.2 Å². The molecule has 4 heteroatoms. The lowest BCUT2D eigenvalue weighted by molar-refractivity contribution is 0.144. The van der Waals surface area contributed by atoms with Gasteiger partial charge in [0.15, 0.2) is 0 Å². The molecule has 0 heterocycles. The minimum atomic E-state index is -0.328. The maximum Gasteiger partial charge on any atom is 0.126 e. The molecule has 0 radical (unpaired) electrons. The lowest BCUT2D eigenvalue weighted by Gasteiger charge is -2.28. The van der Waals surface area contributed by atoms with Crippen molar-refractivity contribution in [2.75, 3.05) is 19.8 Å². The molecule has 1 unspecified atom stereocenters. The summed E-state index contributed by atoms with van der Waals surface area (Å²) >= 11 is 0. The molecule has 0 saturated carbocycles. The maximum absolute atomic E-state index is 13.1. The van der Waals surface area contributed by atoms with Crippen molar-refractivity contribution in [1.82, 2.24) is 5.32 Å². The van der Waals surface area contributed by atoms with E-state index in [0.717, 1.165) is 13.0 Å². The summed E-state index contributed by atoms with van der Waals surface area (Å²) in [6.45, 7) is 7.19. The Morgan fingerprint density at radius 1 is 1.42 bits per heavy atom. The Labute approximate surface area is 114 Å². The summed E-state index contributed by atoms with van der Waals surface area (Å²) in [6, 6.07) is 4.72. The molecular formula is C15H24FNO2. The minimum Gasteiger partial charge on any atom is -0.494 e. The van der Waals surface area contributed by atoms with Gasteiger partial charge in [0.1, 0.15) is 11.6 Å². The molecule has 1 aromatic carbocycles. The highest BCUT2D eigenvalue weighted by atomic mass is 19.1. The van der Waals surface area contributed by atoms with E-state index in [1.807, 2.05) is 6.92 Å². The van der Waals surface area contributed by atoms with Crippen molar-refractivity contribution in [3.8, 4) is 5.75 Å². The fraction of sp³-hybridized carbons (Fsp3) is 0.600. The van der Waals surface area contributed by atoms with Crippen LogP contribution in [0, 0.1) is 12.7 Å². The van der Waals surface area contributed by atoms with Crippen LogP contribution in [0.25, 0.3) is 0 Å². The van der Waals surface area contributed by atoms with Crippen LogP contribution >= 0.6 is 0 Å². The predicted octanol–water partition coefficient (Wildman–Crippen LogP) is 2.65. The SMILES string of the molecule is CCCNC(C)(CO)CCOc1ccc(F)c(C)c1. The molecule has 1 atom stereocenters. The van der Waals surface area contributed by atoms with Crippen molar-refractivity contribution in [2.45, 2.75) is 39.2 Å². The second-order valence-corrected chi connectivity index (χ2v) is 5.16. The van der Waals surface area contributed by atoms with E-state index in [9.17, 15) is 9.50 Å². The Morgan fingerprint density at radius 2 is 2.16 bits per heavy atom. The van der Waals surface area contributed by atoms with Gasteiger partial charge in [0.05, 0.1) is 13.2 Å². The van der Waals surface area contributed by atoms with Crippen molar-refractivity contribution in [3.05, 3.63) is 29.6 Å². The number of hydrogen-bond acceptors (Lipinski definition) is 3. The van der Waals surface area contributed by atoms with Gasteiger partial charge in [0.25, 0.3) is 0 Å². The summed E-state index contributed by atoms with van der Waals surface area (Å²) in [5, 5.41) is 12.7. The molecule has 3 nitrogen and oxygen atoms in total. The molecule has 108 valence electrons. The molecule has 0 aliphatic rings. The molecule has 0 saturated heterocycles. The number of aryl methyl sites for hydroxylation is 1. The van der Waals surface area contributed by atoms with Gasteiger partial charge in [0.2, 0.25) is 0 Å². The van der Waals surface area contributed by atoms with E-state index in [0.29, 0.717) is 24.3 Å². The van der Waals surface area contributed by atoms with Crippen LogP contribution in [-0.4, -0.2) is 30.4 Å². The molecule has 0 aromatic heterocycles. The quantitative estimate of drug-likeness (QED) is 0.762. The van der Waals surface area contributed by atoms with Crippen LogP contribution in [0.2, 0.25) is 0 Å². The summed E-state index contributed by atoms with van der Waals surface area (Å²) in [5.41, 5.74) is 0.247. The summed E-state index contributed by atoms with van der Waals surface area (Å²) < 4.78 is 18.7. The van der Waals surface area contributed by atoms with Gasteiger partial charge in [-0.1, -0.05) is 6.92 Å². The average molecular weight is 269 g/mol. The first kappa shape index (κ1) is 15.9. The summed E-state index contributed by atoms with van der Waals surface area (Å²) in [5.74, 6) is 0.437. The van der Waals surface area contributed by atoms with Crippen LogP contribution in [0.3, 0.4) is 0 Å². The number of aliphatic hydroxyl groups is 1. The van der Waals surface area contributed by atoms with Crippen LogP contribution < -0.4 is 10.1 Å². The van der Waals surface area contributed by atoms with Gasteiger partial charge < -0.3 is 15.2 Å². The molecule has 0 bridgehead atoms. The number of aliphatic hydroxyl groups excluding tert-OH is 1. The zero-order valence-electron chi connectivity index (χ0n) is 12.0. The van der Waals surface area contributed by atoms with Gasteiger partial charge in [-0.25, -0.2) is 4.39 Å². The standard InChI is InChI=1S/C15H24FNO2/c1-4-8-17-15(3,11-18)7-9-19-13-5-6-14(16)12(2)10-13/h5-6,10,17-18H,4,7-9,11H2,1-3H3. The molecule has 0 fully saturated rings. The fourth-order valence-electron chi connectivity index (χ4n) is 1.75. The van der Waals surface area contributed by atoms with Gasteiger partial charge in [-0.05, 0) is 50.6 Å². The molecule has 19 heavy (non-hydrogen) atoms. The van der Waals surface area contributed by atoms with E-state index in [1.54, 1.807) is 19.1 Å². The monoisotopic (exact) mass is 269 g/mol. The molecule has 1 rings (SSSR count). The maximum atomic E-state index is 13.1. The highest BCUT2D eigenvalue weighted by Gasteiger charge is 2.21. The zero-order valence-corrected chi connectivity index (χ0v) is 12.0. The third-order valence-corrected chi connectivity index (χ3v) is 3.20. The number of rotatable bonds is 8. The van der Waals surface area contributed by atoms with E-state index >= 15 is 0 Å². The van der Waals surface area contributed by atoms with E-state index < -0.39 is 0 Å². The smallest absolute Gasteiger partial charge is 0.126 e. The second-order valence-electron chi connectivity index (χ2n) is 5.16. The zero-order chi connectivity index (χ0) is 14.3. The molecule has 1 aromatic rings. The van der Waals surface area contributed by atoms with Gasteiger partial charge in [0, 0.05) is 12.0 Å². The normalized spacial score (nSPS) is 14.2. The number of halogens is 1. The molecule has 0 aliphatic heterocycles. The first-order valence-corrected chi connectivity index (χ1v) is 6.75. The van der Waals surface area contributed by atoms with Crippen molar-refractivity contribution >= 4 is 0 Å². The first-order chi connectivity index (χ1) is 9.00. The predicted molar refractivity (Wildman–Crippen MR) is 75.0 cm³/mol. The second kappa shape index (κ2) is 7.46. The number of nitrogens with one attached hydrogen (secondary N) is 1. The van der Waals surface area contributed by atoms with E-state index in [1.165, 1.54) is 6.07 Å². The highest BCUT2D eigenvalue weighted by molar-refractivity contribution is 5.28. The van der Waals surface area contributed by atoms with E-state index in [-0.39, 0.29) is 18.0 Å². The Balaban J connectivity index is 2.45.